The van der Waals surface area contributed by atoms with E-state index in [0.29, 0.717) is 6.10 Å². The average molecular weight is 334 g/mol. The highest BCUT2D eigenvalue weighted by Crippen LogP contribution is 2.54. The summed E-state index contributed by atoms with van der Waals surface area (Å²) in [6.45, 7) is 4.49. The van der Waals surface area contributed by atoms with Gasteiger partial charge in [0.25, 0.3) is 0 Å². The number of aromatic nitrogens is 2. The standard InChI is InChI=1S/C18H30N4O2/c1-2-24-16-13-15(18(16)7-3-4-8-18)21-17(23)20-9-5-6-11-22-12-10-19-14-22/h10,12,14-16H,2-9,11,13H2,1H3,(H2,20,21,23)/t15-,16+/m0/s1. The van der Waals surface area contributed by atoms with Gasteiger partial charge >= 0.3 is 6.03 Å². The minimum atomic E-state index is -0.0242. The molecule has 1 aromatic rings. The number of ether oxygens (including phenoxy) is 1. The Morgan fingerprint density at radius 1 is 1.38 bits per heavy atom. The van der Waals surface area contributed by atoms with Gasteiger partial charge in [0.15, 0.2) is 0 Å². The van der Waals surface area contributed by atoms with Crippen LogP contribution in [0.1, 0.15) is 51.9 Å². The molecule has 2 aliphatic rings. The van der Waals surface area contributed by atoms with Crippen LogP contribution < -0.4 is 10.6 Å². The zero-order valence-corrected chi connectivity index (χ0v) is 14.7. The Labute approximate surface area is 144 Å². The Morgan fingerprint density at radius 3 is 2.92 bits per heavy atom. The highest BCUT2D eigenvalue weighted by atomic mass is 16.5. The third kappa shape index (κ3) is 3.74. The summed E-state index contributed by atoms with van der Waals surface area (Å²) in [6, 6.07) is 0.256. The van der Waals surface area contributed by atoms with E-state index in [0.717, 1.165) is 39.0 Å². The molecule has 0 aliphatic heterocycles. The number of carbonyl (C=O) groups excluding carboxylic acids is 1. The van der Waals surface area contributed by atoms with Crippen molar-refractivity contribution >= 4 is 6.03 Å². The summed E-state index contributed by atoms with van der Waals surface area (Å²) in [4.78, 5) is 16.2. The van der Waals surface area contributed by atoms with E-state index in [-0.39, 0.29) is 17.5 Å². The van der Waals surface area contributed by atoms with E-state index in [1.54, 1.807) is 6.20 Å². The highest BCUT2D eigenvalue weighted by molar-refractivity contribution is 5.74. The molecule has 1 spiro atoms. The molecule has 3 rings (SSSR count). The molecule has 0 aromatic carbocycles. The largest absolute Gasteiger partial charge is 0.378 e. The Balaban J connectivity index is 1.34. The van der Waals surface area contributed by atoms with E-state index in [4.69, 9.17) is 4.74 Å². The van der Waals surface area contributed by atoms with Crippen molar-refractivity contribution in [2.75, 3.05) is 13.2 Å². The predicted molar refractivity (Wildman–Crippen MR) is 92.7 cm³/mol. The van der Waals surface area contributed by atoms with Crippen LogP contribution >= 0.6 is 0 Å². The van der Waals surface area contributed by atoms with Crippen molar-refractivity contribution in [3.63, 3.8) is 0 Å². The first kappa shape index (κ1) is 17.3. The first-order chi connectivity index (χ1) is 11.7. The van der Waals surface area contributed by atoms with Crippen molar-refractivity contribution in [2.45, 2.75) is 70.6 Å². The summed E-state index contributed by atoms with van der Waals surface area (Å²) in [5.74, 6) is 0. The third-order valence-corrected chi connectivity index (χ3v) is 5.68. The quantitative estimate of drug-likeness (QED) is 0.718. The number of amides is 2. The van der Waals surface area contributed by atoms with Gasteiger partial charge in [0.05, 0.1) is 12.4 Å². The van der Waals surface area contributed by atoms with Crippen LogP contribution in [-0.2, 0) is 11.3 Å². The van der Waals surface area contributed by atoms with Crippen molar-refractivity contribution in [3.05, 3.63) is 18.7 Å². The lowest BCUT2D eigenvalue weighted by Gasteiger charge is -2.53. The van der Waals surface area contributed by atoms with E-state index in [1.165, 1.54) is 25.7 Å². The molecule has 2 fully saturated rings. The molecule has 24 heavy (non-hydrogen) atoms. The second kappa shape index (κ2) is 8.01. The van der Waals surface area contributed by atoms with Gasteiger partial charge < -0.3 is 19.9 Å². The van der Waals surface area contributed by atoms with Gasteiger partial charge in [-0.25, -0.2) is 9.78 Å². The molecule has 6 nitrogen and oxygen atoms in total. The maximum Gasteiger partial charge on any atom is 0.315 e. The van der Waals surface area contributed by atoms with Crippen LogP contribution in [-0.4, -0.2) is 40.9 Å². The summed E-state index contributed by atoms with van der Waals surface area (Å²) in [6.07, 6.45) is 13.8. The number of imidazole rings is 1. The van der Waals surface area contributed by atoms with Crippen molar-refractivity contribution in [1.82, 2.24) is 20.2 Å². The molecular formula is C18H30N4O2. The number of nitrogens with one attached hydrogen (secondary N) is 2. The SMILES string of the molecule is CCO[C@@H]1C[C@H](NC(=O)NCCCCn2ccnc2)C12CCCC2. The van der Waals surface area contributed by atoms with Gasteiger partial charge in [0, 0.05) is 43.5 Å². The number of carbonyl (C=O) groups is 1. The maximum atomic E-state index is 12.2. The number of aryl methyl sites for hydroxylation is 1. The van der Waals surface area contributed by atoms with Crippen molar-refractivity contribution in [2.24, 2.45) is 5.41 Å². The van der Waals surface area contributed by atoms with Crippen molar-refractivity contribution in [3.8, 4) is 0 Å². The molecule has 2 amide bonds. The number of nitrogens with zero attached hydrogens (tertiary/aromatic N) is 2. The van der Waals surface area contributed by atoms with Crippen LogP contribution in [0.5, 0.6) is 0 Å². The molecule has 2 saturated carbocycles. The molecule has 6 heteroatoms. The van der Waals surface area contributed by atoms with E-state index in [1.807, 2.05) is 12.5 Å². The van der Waals surface area contributed by atoms with Crippen LogP contribution in [0.15, 0.2) is 18.7 Å². The molecule has 1 aromatic heterocycles. The maximum absolute atomic E-state index is 12.2. The molecule has 0 unspecified atom stereocenters. The van der Waals surface area contributed by atoms with Crippen LogP contribution in [0.3, 0.4) is 0 Å². The number of urea groups is 1. The van der Waals surface area contributed by atoms with E-state index in [2.05, 4.69) is 27.1 Å². The summed E-state index contributed by atoms with van der Waals surface area (Å²) < 4.78 is 7.96. The molecule has 134 valence electrons. The predicted octanol–water partition coefficient (Wildman–Crippen LogP) is 2.70. The lowest BCUT2D eigenvalue weighted by atomic mass is 9.60. The fourth-order valence-corrected chi connectivity index (χ4v) is 4.34. The molecular weight excluding hydrogens is 304 g/mol. The van der Waals surface area contributed by atoms with Crippen LogP contribution in [0.4, 0.5) is 4.79 Å². The van der Waals surface area contributed by atoms with Gasteiger partial charge in [-0.2, -0.15) is 0 Å². The highest BCUT2D eigenvalue weighted by Gasteiger charge is 2.57. The Bertz CT molecular complexity index is 511. The summed E-state index contributed by atoms with van der Waals surface area (Å²) in [5.41, 5.74) is 0.203. The monoisotopic (exact) mass is 334 g/mol. The molecule has 1 heterocycles. The van der Waals surface area contributed by atoms with Crippen molar-refractivity contribution in [1.29, 1.82) is 0 Å². The van der Waals surface area contributed by atoms with Gasteiger partial charge in [0.1, 0.15) is 0 Å². The normalized spacial score (nSPS) is 24.7. The minimum Gasteiger partial charge on any atom is -0.378 e. The number of rotatable bonds is 8. The Morgan fingerprint density at radius 2 is 2.21 bits per heavy atom. The number of hydrogen-bond donors (Lipinski definition) is 2. The fraction of sp³-hybridized carbons (Fsp3) is 0.778. The summed E-state index contributed by atoms with van der Waals surface area (Å²) >= 11 is 0. The molecule has 0 radical (unpaired) electrons. The van der Waals surface area contributed by atoms with Crippen LogP contribution in [0.2, 0.25) is 0 Å². The minimum absolute atomic E-state index is 0.0242. The van der Waals surface area contributed by atoms with Gasteiger partial charge in [-0.3, -0.25) is 0 Å². The molecule has 0 saturated heterocycles. The Hall–Kier alpha value is -1.56. The summed E-state index contributed by atoms with van der Waals surface area (Å²) in [5, 5.41) is 6.20. The van der Waals surface area contributed by atoms with Gasteiger partial charge in [-0.15, -0.1) is 0 Å². The van der Waals surface area contributed by atoms with E-state index >= 15 is 0 Å². The zero-order valence-electron chi connectivity index (χ0n) is 14.7. The Kier molecular flexibility index (Phi) is 5.76. The van der Waals surface area contributed by atoms with Crippen molar-refractivity contribution < 1.29 is 9.53 Å². The molecule has 2 N–H and O–H groups in total. The van der Waals surface area contributed by atoms with Gasteiger partial charge in [-0.1, -0.05) is 12.8 Å². The first-order valence-electron chi connectivity index (χ1n) is 9.36. The number of unbranched alkanes of at least 4 members (excludes halogenated alkanes) is 1. The lowest BCUT2D eigenvalue weighted by Crippen LogP contribution is -2.64. The molecule has 2 aliphatic carbocycles. The summed E-state index contributed by atoms with van der Waals surface area (Å²) in [7, 11) is 0. The van der Waals surface area contributed by atoms with Crippen LogP contribution in [0.25, 0.3) is 0 Å². The topological polar surface area (TPSA) is 68.2 Å². The second-order valence-corrected chi connectivity index (χ2v) is 7.08. The lowest BCUT2D eigenvalue weighted by molar-refractivity contribution is -0.126. The number of hydrogen-bond acceptors (Lipinski definition) is 3. The third-order valence-electron chi connectivity index (χ3n) is 5.68. The zero-order chi connectivity index (χ0) is 16.8. The van der Waals surface area contributed by atoms with E-state index < -0.39 is 0 Å². The first-order valence-corrected chi connectivity index (χ1v) is 9.36. The smallest absolute Gasteiger partial charge is 0.315 e. The molecule has 0 bridgehead atoms. The second-order valence-electron chi connectivity index (χ2n) is 7.08. The molecule has 2 atom stereocenters. The fourth-order valence-electron chi connectivity index (χ4n) is 4.34. The average Bonchev–Trinajstić information content (AvgIpc) is 3.26. The van der Waals surface area contributed by atoms with Gasteiger partial charge in [0.2, 0.25) is 0 Å². The van der Waals surface area contributed by atoms with E-state index in [9.17, 15) is 4.79 Å². The van der Waals surface area contributed by atoms with Crippen LogP contribution in [0, 0.1) is 5.41 Å². The van der Waals surface area contributed by atoms with Gasteiger partial charge in [-0.05, 0) is 39.0 Å².